The van der Waals surface area contributed by atoms with Crippen LogP contribution in [0.4, 0.5) is 5.69 Å². The second kappa shape index (κ2) is 7.67. The van der Waals surface area contributed by atoms with E-state index < -0.39 is 0 Å². The average molecular weight is 290 g/mol. The van der Waals surface area contributed by atoms with E-state index in [9.17, 15) is 9.59 Å². The maximum atomic E-state index is 11.8. The molecule has 0 aliphatic heterocycles. The van der Waals surface area contributed by atoms with E-state index in [2.05, 4.69) is 15.4 Å². The first-order valence-corrected chi connectivity index (χ1v) is 7.40. The van der Waals surface area contributed by atoms with E-state index in [0.29, 0.717) is 24.6 Å². The Balaban J connectivity index is 1.75. The summed E-state index contributed by atoms with van der Waals surface area (Å²) in [6, 6.07) is 7.43. The maximum Gasteiger partial charge on any atom is 0.337 e. The number of methoxy groups -OCH3 is 1. The Kier molecular flexibility index (Phi) is 5.60. The monoisotopic (exact) mass is 290 g/mol. The molecule has 0 unspecified atom stereocenters. The molecular weight excluding hydrogens is 268 g/mol. The normalized spacial score (nSPS) is 14.7. The van der Waals surface area contributed by atoms with Crippen LogP contribution in [0.15, 0.2) is 24.3 Å². The standard InChI is InChI=1S/C16H22N2O3/c1-21-16(20)12-5-4-8-14(11-12)17-10-9-15(19)18-13-6-2-3-7-13/h4-5,8,11,13,17H,2-3,6-7,9-10H2,1H3,(H,18,19). The molecule has 1 fully saturated rings. The molecule has 2 rings (SSSR count). The van der Waals surface area contributed by atoms with E-state index in [1.165, 1.54) is 20.0 Å². The SMILES string of the molecule is COC(=O)c1cccc(NCCC(=O)NC2CCCC2)c1. The van der Waals surface area contributed by atoms with E-state index in [0.717, 1.165) is 18.5 Å². The molecule has 5 heteroatoms. The molecule has 1 saturated carbocycles. The largest absolute Gasteiger partial charge is 0.465 e. The predicted octanol–water partition coefficient (Wildman–Crippen LogP) is 2.33. The molecule has 114 valence electrons. The fourth-order valence-electron chi connectivity index (χ4n) is 2.56. The van der Waals surface area contributed by atoms with E-state index in [1.54, 1.807) is 18.2 Å². The van der Waals surface area contributed by atoms with Gasteiger partial charge in [-0.1, -0.05) is 18.9 Å². The molecular formula is C16H22N2O3. The summed E-state index contributed by atoms with van der Waals surface area (Å²) in [5, 5.41) is 6.20. The van der Waals surface area contributed by atoms with Crippen molar-refractivity contribution in [2.75, 3.05) is 19.0 Å². The number of hydrogen-bond donors (Lipinski definition) is 2. The van der Waals surface area contributed by atoms with Crippen molar-refractivity contribution in [3.05, 3.63) is 29.8 Å². The van der Waals surface area contributed by atoms with E-state index in [1.807, 2.05) is 6.07 Å². The van der Waals surface area contributed by atoms with Gasteiger partial charge in [0.2, 0.25) is 5.91 Å². The third-order valence-corrected chi connectivity index (χ3v) is 3.69. The van der Waals surface area contributed by atoms with Crippen molar-refractivity contribution in [2.24, 2.45) is 0 Å². The second-order valence-corrected chi connectivity index (χ2v) is 5.30. The van der Waals surface area contributed by atoms with Crippen LogP contribution in [0.3, 0.4) is 0 Å². The lowest BCUT2D eigenvalue weighted by molar-refractivity contribution is -0.121. The van der Waals surface area contributed by atoms with E-state index >= 15 is 0 Å². The minimum atomic E-state index is -0.363. The number of anilines is 1. The molecule has 5 nitrogen and oxygen atoms in total. The molecule has 2 N–H and O–H groups in total. The molecule has 0 saturated heterocycles. The number of hydrogen-bond acceptors (Lipinski definition) is 4. The van der Waals surface area contributed by atoms with Crippen molar-refractivity contribution < 1.29 is 14.3 Å². The van der Waals surface area contributed by atoms with Gasteiger partial charge in [0, 0.05) is 24.7 Å². The summed E-state index contributed by atoms with van der Waals surface area (Å²) >= 11 is 0. The maximum absolute atomic E-state index is 11.8. The molecule has 0 radical (unpaired) electrons. The number of carbonyl (C=O) groups excluding carboxylic acids is 2. The van der Waals surface area contributed by atoms with Gasteiger partial charge in [0.25, 0.3) is 0 Å². The predicted molar refractivity (Wildman–Crippen MR) is 81.3 cm³/mol. The highest BCUT2D eigenvalue weighted by molar-refractivity contribution is 5.90. The summed E-state index contributed by atoms with van der Waals surface area (Å²) in [6.07, 6.45) is 5.05. The number of carbonyl (C=O) groups is 2. The van der Waals surface area contributed by atoms with Crippen LogP contribution >= 0.6 is 0 Å². The first-order valence-electron chi connectivity index (χ1n) is 7.40. The summed E-state index contributed by atoms with van der Waals surface area (Å²) in [6.45, 7) is 0.545. The molecule has 0 heterocycles. The van der Waals surface area contributed by atoms with Crippen molar-refractivity contribution in [1.29, 1.82) is 0 Å². The smallest absolute Gasteiger partial charge is 0.337 e. The Hall–Kier alpha value is -2.04. The first-order chi connectivity index (χ1) is 10.2. The molecule has 0 spiro atoms. The molecule has 1 amide bonds. The summed E-state index contributed by atoms with van der Waals surface area (Å²) in [4.78, 5) is 23.2. The van der Waals surface area contributed by atoms with Crippen molar-refractivity contribution in [3.63, 3.8) is 0 Å². The number of esters is 1. The lowest BCUT2D eigenvalue weighted by Crippen LogP contribution is -2.33. The Morgan fingerprint density at radius 2 is 2.05 bits per heavy atom. The zero-order valence-electron chi connectivity index (χ0n) is 12.4. The molecule has 1 aliphatic carbocycles. The Bertz CT molecular complexity index is 496. The fraction of sp³-hybridized carbons (Fsp3) is 0.500. The van der Waals surface area contributed by atoms with Gasteiger partial charge < -0.3 is 15.4 Å². The summed E-state index contributed by atoms with van der Waals surface area (Å²) < 4.78 is 4.68. The van der Waals surface area contributed by atoms with Gasteiger partial charge in [-0.2, -0.15) is 0 Å². The average Bonchev–Trinajstić information content (AvgIpc) is 2.99. The van der Waals surface area contributed by atoms with Crippen molar-refractivity contribution >= 4 is 17.6 Å². The number of amides is 1. The molecule has 0 bridgehead atoms. The minimum Gasteiger partial charge on any atom is -0.465 e. The summed E-state index contributed by atoms with van der Waals surface area (Å²) in [7, 11) is 1.36. The number of ether oxygens (including phenoxy) is 1. The third kappa shape index (κ3) is 4.77. The molecule has 1 aromatic carbocycles. The number of benzene rings is 1. The van der Waals surface area contributed by atoms with Crippen LogP contribution in [0.1, 0.15) is 42.5 Å². The van der Waals surface area contributed by atoms with Crippen LogP contribution in [-0.4, -0.2) is 31.6 Å². The quantitative estimate of drug-likeness (QED) is 0.789. The molecule has 21 heavy (non-hydrogen) atoms. The van der Waals surface area contributed by atoms with Crippen molar-refractivity contribution in [1.82, 2.24) is 5.32 Å². The van der Waals surface area contributed by atoms with E-state index in [-0.39, 0.29) is 11.9 Å². The van der Waals surface area contributed by atoms with Crippen molar-refractivity contribution in [3.8, 4) is 0 Å². The molecule has 1 aliphatic rings. The van der Waals surface area contributed by atoms with Gasteiger partial charge in [0.05, 0.1) is 12.7 Å². The van der Waals surface area contributed by atoms with Crippen LogP contribution < -0.4 is 10.6 Å². The van der Waals surface area contributed by atoms with Crippen LogP contribution in [-0.2, 0) is 9.53 Å². The molecule has 0 aromatic heterocycles. The second-order valence-electron chi connectivity index (χ2n) is 5.30. The minimum absolute atomic E-state index is 0.0820. The highest BCUT2D eigenvalue weighted by Gasteiger charge is 2.16. The van der Waals surface area contributed by atoms with Crippen LogP contribution in [0, 0.1) is 0 Å². The van der Waals surface area contributed by atoms with Gasteiger partial charge in [0.1, 0.15) is 0 Å². The zero-order valence-corrected chi connectivity index (χ0v) is 12.4. The van der Waals surface area contributed by atoms with Crippen LogP contribution in [0.5, 0.6) is 0 Å². The summed E-state index contributed by atoms with van der Waals surface area (Å²) in [5.74, 6) is -0.281. The molecule has 1 aromatic rings. The Labute approximate surface area is 125 Å². The Morgan fingerprint density at radius 1 is 1.29 bits per heavy atom. The van der Waals surface area contributed by atoms with Gasteiger partial charge in [0.15, 0.2) is 0 Å². The lowest BCUT2D eigenvalue weighted by atomic mass is 10.2. The van der Waals surface area contributed by atoms with Gasteiger partial charge >= 0.3 is 5.97 Å². The lowest BCUT2D eigenvalue weighted by Gasteiger charge is -2.12. The van der Waals surface area contributed by atoms with Crippen molar-refractivity contribution in [2.45, 2.75) is 38.1 Å². The topological polar surface area (TPSA) is 67.4 Å². The highest BCUT2D eigenvalue weighted by Crippen LogP contribution is 2.17. The van der Waals surface area contributed by atoms with Crippen LogP contribution in [0.2, 0.25) is 0 Å². The number of nitrogens with one attached hydrogen (secondary N) is 2. The first kappa shape index (κ1) is 15.4. The van der Waals surface area contributed by atoms with E-state index in [4.69, 9.17) is 0 Å². The van der Waals surface area contributed by atoms with Gasteiger partial charge in [-0.25, -0.2) is 4.79 Å². The third-order valence-electron chi connectivity index (χ3n) is 3.69. The van der Waals surface area contributed by atoms with Gasteiger partial charge in [-0.3, -0.25) is 4.79 Å². The van der Waals surface area contributed by atoms with Crippen LogP contribution in [0.25, 0.3) is 0 Å². The zero-order chi connectivity index (χ0) is 15.1. The number of rotatable bonds is 6. The fourth-order valence-corrected chi connectivity index (χ4v) is 2.56. The van der Waals surface area contributed by atoms with Gasteiger partial charge in [-0.05, 0) is 31.0 Å². The Morgan fingerprint density at radius 3 is 2.76 bits per heavy atom. The molecule has 0 atom stereocenters. The summed E-state index contributed by atoms with van der Waals surface area (Å²) in [5.41, 5.74) is 1.31. The van der Waals surface area contributed by atoms with Gasteiger partial charge in [-0.15, -0.1) is 0 Å². The highest BCUT2D eigenvalue weighted by atomic mass is 16.5.